The molecule has 0 radical (unpaired) electrons. The van der Waals surface area contributed by atoms with E-state index in [-0.39, 0.29) is 18.1 Å². The first-order valence-corrected chi connectivity index (χ1v) is 5.55. The zero-order valence-electron chi connectivity index (χ0n) is 9.87. The molecule has 0 aliphatic carbocycles. The summed E-state index contributed by atoms with van der Waals surface area (Å²) in [5.41, 5.74) is 0. The lowest BCUT2D eigenvalue weighted by Crippen LogP contribution is -2.41. The largest absolute Gasteiger partial charge is 0.326 e. The lowest BCUT2D eigenvalue weighted by atomic mass is 10.1. The fourth-order valence-electron chi connectivity index (χ4n) is 2.04. The Hall–Kier alpha value is -0.570. The van der Waals surface area contributed by atoms with Crippen LogP contribution in [0.25, 0.3) is 0 Å². The van der Waals surface area contributed by atoms with E-state index in [4.69, 9.17) is 0 Å². The number of carbonyl (C=O) groups excluding carboxylic acids is 1. The third-order valence-electron chi connectivity index (χ3n) is 2.87. The molecule has 1 heterocycles. The highest BCUT2D eigenvalue weighted by Crippen LogP contribution is 2.20. The second kappa shape index (κ2) is 4.30. The van der Waals surface area contributed by atoms with Crippen LogP contribution in [-0.2, 0) is 4.79 Å². The molecule has 1 aliphatic rings. The molecule has 0 saturated carbocycles. The van der Waals surface area contributed by atoms with E-state index in [1.165, 1.54) is 0 Å². The Morgan fingerprint density at radius 1 is 1.29 bits per heavy atom. The summed E-state index contributed by atoms with van der Waals surface area (Å²) in [5.74, 6) is 1.11. The topological polar surface area (TPSA) is 32.3 Å². The van der Waals surface area contributed by atoms with Gasteiger partial charge in [-0.3, -0.25) is 10.1 Å². The molecule has 2 atom stereocenters. The predicted molar refractivity (Wildman–Crippen MR) is 57.8 cm³/mol. The Morgan fingerprint density at radius 2 is 1.86 bits per heavy atom. The van der Waals surface area contributed by atoms with Gasteiger partial charge in [0.05, 0.1) is 12.2 Å². The minimum Gasteiger partial charge on any atom is -0.326 e. The second-order valence-corrected chi connectivity index (χ2v) is 4.70. The molecule has 1 N–H and O–H groups in total. The van der Waals surface area contributed by atoms with Gasteiger partial charge in [-0.1, -0.05) is 27.7 Å². The van der Waals surface area contributed by atoms with Gasteiger partial charge >= 0.3 is 0 Å². The number of nitrogens with zero attached hydrogens (tertiary/aromatic N) is 1. The maximum atomic E-state index is 12.0. The highest BCUT2D eigenvalue weighted by molar-refractivity contribution is 5.84. The zero-order valence-corrected chi connectivity index (χ0v) is 9.87. The van der Waals surface area contributed by atoms with Crippen LogP contribution in [0.3, 0.4) is 0 Å². The monoisotopic (exact) mass is 198 g/mol. The van der Waals surface area contributed by atoms with E-state index in [1.54, 1.807) is 0 Å². The molecule has 1 fully saturated rings. The van der Waals surface area contributed by atoms with Crippen molar-refractivity contribution in [3.63, 3.8) is 0 Å². The molecule has 1 aliphatic heterocycles. The maximum absolute atomic E-state index is 12.0. The Balaban J connectivity index is 2.78. The van der Waals surface area contributed by atoms with E-state index >= 15 is 0 Å². The van der Waals surface area contributed by atoms with Gasteiger partial charge in [-0.2, -0.15) is 0 Å². The summed E-state index contributed by atoms with van der Waals surface area (Å²) in [6.45, 7) is 11.3. The molecule has 0 spiro atoms. The summed E-state index contributed by atoms with van der Waals surface area (Å²) >= 11 is 0. The first-order valence-electron chi connectivity index (χ1n) is 5.55. The Morgan fingerprint density at radius 3 is 2.14 bits per heavy atom. The molecule has 3 heteroatoms. The Kier molecular flexibility index (Phi) is 3.53. The average Bonchev–Trinajstić information content (AvgIpc) is 2.42. The number of rotatable bonds is 3. The van der Waals surface area contributed by atoms with Crippen LogP contribution in [0.5, 0.6) is 0 Å². The molecule has 1 rings (SSSR count). The quantitative estimate of drug-likeness (QED) is 0.744. The fourth-order valence-corrected chi connectivity index (χ4v) is 2.04. The van der Waals surface area contributed by atoms with E-state index in [2.05, 4.69) is 33.0 Å². The first-order chi connectivity index (χ1) is 6.49. The SMILES string of the molecule is CCN1C(=O)C(C(C)C)NC1C(C)C. The molecule has 1 amide bonds. The van der Waals surface area contributed by atoms with Crippen molar-refractivity contribution in [3.8, 4) is 0 Å². The Bertz CT molecular complexity index is 213. The van der Waals surface area contributed by atoms with Crippen LogP contribution in [0.4, 0.5) is 0 Å². The van der Waals surface area contributed by atoms with Gasteiger partial charge in [-0.25, -0.2) is 0 Å². The molecule has 0 aromatic heterocycles. The molecule has 82 valence electrons. The molecular weight excluding hydrogens is 176 g/mol. The van der Waals surface area contributed by atoms with Gasteiger partial charge in [-0.15, -0.1) is 0 Å². The van der Waals surface area contributed by atoms with Crippen LogP contribution in [-0.4, -0.2) is 29.6 Å². The van der Waals surface area contributed by atoms with Gasteiger partial charge in [0.1, 0.15) is 0 Å². The number of nitrogens with one attached hydrogen (secondary N) is 1. The number of hydrogen-bond donors (Lipinski definition) is 1. The summed E-state index contributed by atoms with van der Waals surface area (Å²) in [7, 11) is 0. The smallest absolute Gasteiger partial charge is 0.241 e. The second-order valence-electron chi connectivity index (χ2n) is 4.70. The third kappa shape index (κ3) is 1.92. The number of hydrogen-bond acceptors (Lipinski definition) is 2. The molecule has 3 nitrogen and oxygen atoms in total. The predicted octanol–water partition coefficient (Wildman–Crippen LogP) is 1.44. The molecular formula is C11H22N2O. The fraction of sp³-hybridized carbons (Fsp3) is 0.909. The standard InChI is InChI=1S/C11H22N2O/c1-6-13-10(8(4)5)12-9(7(2)3)11(13)14/h7-10,12H,6H2,1-5H3. The van der Waals surface area contributed by atoms with Crippen LogP contribution in [0, 0.1) is 11.8 Å². The van der Waals surface area contributed by atoms with E-state index in [0.29, 0.717) is 11.8 Å². The zero-order chi connectivity index (χ0) is 10.9. The molecule has 14 heavy (non-hydrogen) atoms. The van der Waals surface area contributed by atoms with Crippen LogP contribution in [0.2, 0.25) is 0 Å². The van der Waals surface area contributed by atoms with Crippen LogP contribution in [0.15, 0.2) is 0 Å². The van der Waals surface area contributed by atoms with Gasteiger partial charge in [0.15, 0.2) is 0 Å². The van der Waals surface area contributed by atoms with Gasteiger partial charge in [0.25, 0.3) is 0 Å². The van der Waals surface area contributed by atoms with Gasteiger partial charge in [-0.05, 0) is 18.8 Å². The summed E-state index contributed by atoms with van der Waals surface area (Å²) in [4.78, 5) is 13.9. The molecule has 2 unspecified atom stereocenters. The highest BCUT2D eigenvalue weighted by Gasteiger charge is 2.40. The van der Waals surface area contributed by atoms with Gasteiger partial charge in [0, 0.05) is 6.54 Å². The van der Waals surface area contributed by atoms with Gasteiger partial charge < -0.3 is 4.90 Å². The lowest BCUT2D eigenvalue weighted by Gasteiger charge is -2.25. The van der Waals surface area contributed by atoms with Crippen molar-refractivity contribution in [1.82, 2.24) is 10.2 Å². The molecule has 1 saturated heterocycles. The first kappa shape index (κ1) is 11.5. The lowest BCUT2D eigenvalue weighted by molar-refractivity contribution is -0.130. The van der Waals surface area contributed by atoms with E-state index < -0.39 is 0 Å². The van der Waals surface area contributed by atoms with Crippen molar-refractivity contribution in [2.24, 2.45) is 11.8 Å². The molecule has 0 bridgehead atoms. The summed E-state index contributed by atoms with van der Waals surface area (Å²) < 4.78 is 0. The highest BCUT2D eigenvalue weighted by atomic mass is 16.2. The van der Waals surface area contributed by atoms with Crippen molar-refractivity contribution >= 4 is 5.91 Å². The molecule has 0 aromatic rings. The minimum absolute atomic E-state index is 0.0161. The van der Waals surface area contributed by atoms with Crippen LogP contribution in [0.1, 0.15) is 34.6 Å². The van der Waals surface area contributed by atoms with E-state index in [0.717, 1.165) is 6.54 Å². The minimum atomic E-state index is 0.0161. The molecule has 0 aromatic carbocycles. The average molecular weight is 198 g/mol. The maximum Gasteiger partial charge on any atom is 0.241 e. The van der Waals surface area contributed by atoms with Crippen LogP contribution >= 0.6 is 0 Å². The summed E-state index contributed by atoms with van der Waals surface area (Å²) in [6, 6.07) is 0.0161. The van der Waals surface area contributed by atoms with Gasteiger partial charge in [0.2, 0.25) is 5.91 Å². The van der Waals surface area contributed by atoms with Crippen molar-refractivity contribution < 1.29 is 4.79 Å². The van der Waals surface area contributed by atoms with Crippen molar-refractivity contribution in [3.05, 3.63) is 0 Å². The van der Waals surface area contributed by atoms with Crippen LogP contribution < -0.4 is 5.32 Å². The summed E-state index contributed by atoms with van der Waals surface area (Å²) in [5, 5.41) is 3.42. The third-order valence-corrected chi connectivity index (χ3v) is 2.87. The normalized spacial score (nSPS) is 28.2. The van der Waals surface area contributed by atoms with Crippen molar-refractivity contribution in [1.29, 1.82) is 0 Å². The number of amides is 1. The number of likely N-dealkylation sites (N-methyl/N-ethyl adjacent to an activating group) is 1. The number of carbonyl (C=O) groups is 1. The van der Waals surface area contributed by atoms with E-state index in [1.807, 2.05) is 11.8 Å². The summed E-state index contributed by atoms with van der Waals surface area (Å²) in [6.07, 6.45) is 0.222. The van der Waals surface area contributed by atoms with Crippen molar-refractivity contribution in [2.75, 3.05) is 6.54 Å². The van der Waals surface area contributed by atoms with E-state index in [9.17, 15) is 4.79 Å². The Labute approximate surface area is 86.9 Å². The van der Waals surface area contributed by atoms with Crippen molar-refractivity contribution in [2.45, 2.75) is 46.8 Å².